The third-order valence-corrected chi connectivity index (χ3v) is 4.88. The molecule has 1 fully saturated rings. The molecule has 1 aromatic heterocycles. The van der Waals surface area contributed by atoms with Crippen LogP contribution in [0, 0.1) is 11.3 Å². The summed E-state index contributed by atoms with van der Waals surface area (Å²) in [7, 11) is 0. The zero-order valence-electron chi connectivity index (χ0n) is 12.8. The number of hydrogen-bond donors (Lipinski definition) is 2. The number of rotatable bonds is 4. The van der Waals surface area contributed by atoms with Crippen molar-refractivity contribution in [2.24, 2.45) is 17.1 Å². The van der Waals surface area contributed by atoms with Crippen LogP contribution in [-0.4, -0.2) is 4.98 Å². The van der Waals surface area contributed by atoms with Crippen LogP contribution in [0.25, 0.3) is 11.1 Å². The molecule has 1 heterocycles. The molecule has 2 aromatic rings. The predicted octanol–water partition coefficient (Wildman–Crippen LogP) is 3.73. The molecule has 0 radical (unpaired) electrons. The number of nitrogens with two attached hydrogens (primary N) is 1. The normalized spacial score (nSPS) is 19.4. The van der Waals surface area contributed by atoms with Crippen LogP contribution in [0.1, 0.15) is 57.6 Å². The Bertz CT molecular complexity index is 677. The second-order valence-electron chi connectivity index (χ2n) is 6.92. The van der Waals surface area contributed by atoms with Gasteiger partial charge in [-0.2, -0.15) is 0 Å². The number of H-pyrrole nitrogens is 1. The van der Waals surface area contributed by atoms with Gasteiger partial charge in [0.05, 0.1) is 5.52 Å². The summed E-state index contributed by atoms with van der Waals surface area (Å²) in [5, 5.41) is 0. The summed E-state index contributed by atoms with van der Waals surface area (Å²) >= 11 is 0. The highest BCUT2D eigenvalue weighted by molar-refractivity contribution is 5.72. The van der Waals surface area contributed by atoms with Crippen molar-refractivity contribution in [3.8, 4) is 0 Å². The minimum Gasteiger partial charge on any atom is -0.408 e. The Kier molecular flexibility index (Phi) is 3.66. The molecule has 1 unspecified atom stereocenters. The van der Waals surface area contributed by atoms with E-state index in [1.165, 1.54) is 25.7 Å². The number of oxazole rings is 1. The number of fused-ring (bicyclic) bond motifs is 1. The lowest BCUT2D eigenvalue weighted by Crippen LogP contribution is -2.33. The van der Waals surface area contributed by atoms with Gasteiger partial charge in [-0.1, -0.05) is 32.8 Å². The SMILES string of the molecule is CC(C)CC1(C(N)c2ccc3[nH]c(=O)oc3c2)CCCC1. The molecule has 1 aromatic carbocycles. The standard InChI is InChI=1S/C17H24N2O2/c1-11(2)10-17(7-3-4-8-17)15(18)12-5-6-13-14(9-12)21-16(20)19-13/h5-6,9,11,15H,3-4,7-8,10,18H2,1-2H3,(H,19,20). The molecule has 114 valence electrons. The Morgan fingerprint density at radius 3 is 2.71 bits per heavy atom. The van der Waals surface area contributed by atoms with Gasteiger partial charge in [-0.05, 0) is 48.3 Å². The summed E-state index contributed by atoms with van der Waals surface area (Å²) in [5.74, 6) is 0.233. The number of nitrogens with one attached hydrogen (secondary N) is 1. The van der Waals surface area contributed by atoms with Crippen LogP contribution in [0.2, 0.25) is 0 Å². The second kappa shape index (κ2) is 5.34. The summed E-state index contributed by atoms with van der Waals surface area (Å²) < 4.78 is 5.17. The van der Waals surface area contributed by atoms with Crippen LogP contribution in [-0.2, 0) is 0 Å². The molecular weight excluding hydrogens is 264 g/mol. The van der Waals surface area contributed by atoms with E-state index in [9.17, 15) is 4.79 Å². The van der Waals surface area contributed by atoms with Gasteiger partial charge in [0, 0.05) is 6.04 Å². The van der Waals surface area contributed by atoms with Gasteiger partial charge in [0.15, 0.2) is 5.58 Å². The summed E-state index contributed by atoms with van der Waals surface area (Å²) in [6.45, 7) is 4.53. The van der Waals surface area contributed by atoms with Gasteiger partial charge in [-0.3, -0.25) is 4.98 Å². The van der Waals surface area contributed by atoms with E-state index in [-0.39, 0.29) is 11.5 Å². The van der Waals surface area contributed by atoms with E-state index in [2.05, 4.69) is 18.8 Å². The first-order valence-corrected chi connectivity index (χ1v) is 7.88. The van der Waals surface area contributed by atoms with Crippen molar-refractivity contribution in [1.82, 2.24) is 4.98 Å². The zero-order valence-corrected chi connectivity index (χ0v) is 12.8. The lowest BCUT2D eigenvalue weighted by molar-refractivity contribution is 0.183. The molecule has 1 aliphatic carbocycles. The Morgan fingerprint density at radius 1 is 1.33 bits per heavy atom. The van der Waals surface area contributed by atoms with Crippen molar-refractivity contribution in [2.75, 3.05) is 0 Å². The number of aromatic amines is 1. The minimum atomic E-state index is -0.409. The molecule has 1 saturated carbocycles. The quantitative estimate of drug-likeness (QED) is 0.900. The first-order valence-electron chi connectivity index (χ1n) is 7.88. The van der Waals surface area contributed by atoms with Gasteiger partial charge in [0.2, 0.25) is 0 Å². The van der Waals surface area contributed by atoms with Crippen LogP contribution in [0.5, 0.6) is 0 Å². The third-order valence-electron chi connectivity index (χ3n) is 4.88. The molecule has 0 spiro atoms. The maximum Gasteiger partial charge on any atom is 0.417 e. The van der Waals surface area contributed by atoms with Crippen LogP contribution in [0.4, 0.5) is 0 Å². The Hall–Kier alpha value is -1.55. The van der Waals surface area contributed by atoms with Crippen molar-refractivity contribution in [2.45, 2.75) is 52.0 Å². The van der Waals surface area contributed by atoms with Crippen LogP contribution in [0.3, 0.4) is 0 Å². The summed E-state index contributed by atoms with van der Waals surface area (Å²) in [4.78, 5) is 14.0. The minimum absolute atomic E-state index is 0.00648. The first-order chi connectivity index (χ1) is 10.00. The molecule has 3 N–H and O–H groups in total. The van der Waals surface area contributed by atoms with E-state index in [0.717, 1.165) is 17.5 Å². The highest BCUT2D eigenvalue weighted by Gasteiger charge is 2.40. The van der Waals surface area contributed by atoms with E-state index in [1.54, 1.807) is 0 Å². The summed E-state index contributed by atoms with van der Waals surface area (Å²) in [5.41, 5.74) is 9.26. The molecular formula is C17H24N2O2. The van der Waals surface area contributed by atoms with E-state index in [4.69, 9.17) is 10.2 Å². The lowest BCUT2D eigenvalue weighted by Gasteiger charge is -2.37. The van der Waals surface area contributed by atoms with E-state index >= 15 is 0 Å². The monoisotopic (exact) mass is 288 g/mol. The van der Waals surface area contributed by atoms with Crippen molar-refractivity contribution >= 4 is 11.1 Å². The number of aromatic nitrogens is 1. The van der Waals surface area contributed by atoms with Crippen LogP contribution in [0.15, 0.2) is 27.4 Å². The summed E-state index contributed by atoms with van der Waals surface area (Å²) in [6.07, 6.45) is 6.08. The molecule has 4 nitrogen and oxygen atoms in total. The predicted molar refractivity (Wildman–Crippen MR) is 84.1 cm³/mol. The summed E-state index contributed by atoms with van der Waals surface area (Å²) in [6, 6.07) is 5.86. The van der Waals surface area contributed by atoms with Gasteiger partial charge < -0.3 is 10.2 Å². The average Bonchev–Trinajstić information content (AvgIpc) is 3.02. The van der Waals surface area contributed by atoms with Gasteiger partial charge in [0.25, 0.3) is 0 Å². The van der Waals surface area contributed by atoms with Crippen LogP contribution < -0.4 is 11.5 Å². The number of benzene rings is 1. The third kappa shape index (κ3) is 2.64. The highest BCUT2D eigenvalue weighted by atomic mass is 16.4. The maximum atomic E-state index is 11.3. The maximum absolute atomic E-state index is 11.3. The molecule has 1 aliphatic rings. The molecule has 1 atom stereocenters. The fourth-order valence-electron chi connectivity index (χ4n) is 4.04. The van der Waals surface area contributed by atoms with Crippen LogP contribution >= 0.6 is 0 Å². The van der Waals surface area contributed by atoms with Crippen molar-refractivity contribution in [3.63, 3.8) is 0 Å². The lowest BCUT2D eigenvalue weighted by atomic mass is 9.71. The van der Waals surface area contributed by atoms with Crippen molar-refractivity contribution in [3.05, 3.63) is 34.3 Å². The largest absolute Gasteiger partial charge is 0.417 e. The van der Waals surface area contributed by atoms with E-state index < -0.39 is 5.76 Å². The van der Waals surface area contributed by atoms with Gasteiger partial charge >= 0.3 is 5.76 Å². The topological polar surface area (TPSA) is 72.0 Å². The molecule has 3 rings (SSSR count). The van der Waals surface area contributed by atoms with Gasteiger partial charge in [0.1, 0.15) is 0 Å². The fourth-order valence-corrected chi connectivity index (χ4v) is 4.04. The average molecular weight is 288 g/mol. The fraction of sp³-hybridized carbons (Fsp3) is 0.588. The molecule has 0 aliphatic heterocycles. The van der Waals surface area contributed by atoms with Gasteiger partial charge in [-0.25, -0.2) is 4.79 Å². The Balaban J connectivity index is 1.97. The van der Waals surface area contributed by atoms with Gasteiger partial charge in [-0.15, -0.1) is 0 Å². The molecule has 4 heteroatoms. The van der Waals surface area contributed by atoms with E-state index in [0.29, 0.717) is 11.5 Å². The van der Waals surface area contributed by atoms with E-state index in [1.807, 2.05) is 18.2 Å². The number of hydrogen-bond acceptors (Lipinski definition) is 3. The molecule has 21 heavy (non-hydrogen) atoms. The first kappa shape index (κ1) is 14.4. The Morgan fingerprint density at radius 2 is 2.05 bits per heavy atom. The molecule has 0 bridgehead atoms. The van der Waals surface area contributed by atoms with Crippen molar-refractivity contribution < 1.29 is 4.42 Å². The second-order valence-corrected chi connectivity index (χ2v) is 6.92. The highest BCUT2D eigenvalue weighted by Crippen LogP contribution is 2.50. The molecule has 0 saturated heterocycles. The van der Waals surface area contributed by atoms with Crippen molar-refractivity contribution in [1.29, 1.82) is 0 Å². The molecule has 0 amide bonds. The Labute approximate surface area is 124 Å². The zero-order chi connectivity index (χ0) is 15.0. The smallest absolute Gasteiger partial charge is 0.408 e.